The van der Waals surface area contributed by atoms with Gasteiger partial charge in [-0.15, -0.1) is 0 Å². The Morgan fingerprint density at radius 2 is 2.00 bits per heavy atom. The van der Waals surface area contributed by atoms with Gasteiger partial charge in [0.15, 0.2) is 0 Å². The van der Waals surface area contributed by atoms with Gasteiger partial charge >= 0.3 is 5.97 Å². The summed E-state index contributed by atoms with van der Waals surface area (Å²) in [4.78, 5) is 15.9. The number of carboxylic acid groups (broad SMARTS) is 1. The highest BCUT2D eigenvalue weighted by atomic mass is 79.9. The molecule has 6 heteroatoms. The maximum absolute atomic E-state index is 11.9. The van der Waals surface area contributed by atoms with Gasteiger partial charge in [0.1, 0.15) is 11.3 Å². The molecule has 3 rings (SSSR count). The summed E-state index contributed by atoms with van der Waals surface area (Å²) in [6.45, 7) is 2.02. The van der Waals surface area contributed by atoms with Gasteiger partial charge in [-0.2, -0.15) is 5.10 Å². The van der Waals surface area contributed by atoms with Crippen molar-refractivity contribution in [3.8, 4) is 16.9 Å². The van der Waals surface area contributed by atoms with E-state index in [0.717, 1.165) is 22.1 Å². The number of benzene rings is 1. The first kappa shape index (κ1) is 16.4. The van der Waals surface area contributed by atoms with Crippen LogP contribution in [0.25, 0.3) is 16.9 Å². The highest BCUT2D eigenvalue weighted by Gasteiger charge is 2.24. The molecule has 2 aromatic heterocycles. The van der Waals surface area contributed by atoms with Crippen molar-refractivity contribution in [3.63, 3.8) is 0 Å². The first-order chi connectivity index (χ1) is 11.6. The summed E-state index contributed by atoms with van der Waals surface area (Å²) >= 11 is 3.46. The summed E-state index contributed by atoms with van der Waals surface area (Å²) in [5.74, 6) is -0.966. The summed E-state index contributed by atoms with van der Waals surface area (Å²) < 4.78 is 2.65. The first-order valence-corrected chi connectivity index (χ1v) is 8.42. The fraction of sp³-hybridized carbons (Fsp3) is 0.167. The smallest absolute Gasteiger partial charge is 0.339 e. The van der Waals surface area contributed by atoms with Gasteiger partial charge in [-0.05, 0) is 36.8 Å². The molecule has 1 aromatic carbocycles. The molecule has 3 aromatic rings. The van der Waals surface area contributed by atoms with Gasteiger partial charge in [-0.1, -0.05) is 35.3 Å². The van der Waals surface area contributed by atoms with Gasteiger partial charge in [-0.25, -0.2) is 9.48 Å². The van der Waals surface area contributed by atoms with Crippen molar-refractivity contribution in [3.05, 3.63) is 64.5 Å². The lowest BCUT2D eigenvalue weighted by atomic mass is 10.0. The zero-order valence-electron chi connectivity index (χ0n) is 13.1. The minimum atomic E-state index is -0.966. The molecule has 0 radical (unpaired) electrons. The SMILES string of the molecule is CCCc1c(C(=O)O)c(-c2ccncc2)nn1-c1cccc(Br)c1. The van der Waals surface area contributed by atoms with Crippen LogP contribution in [0.4, 0.5) is 0 Å². The topological polar surface area (TPSA) is 68.0 Å². The van der Waals surface area contributed by atoms with E-state index in [-0.39, 0.29) is 5.56 Å². The Kier molecular flexibility index (Phi) is 4.76. The Labute approximate surface area is 148 Å². The van der Waals surface area contributed by atoms with Crippen LogP contribution >= 0.6 is 15.9 Å². The fourth-order valence-corrected chi connectivity index (χ4v) is 3.07. The van der Waals surface area contributed by atoms with Gasteiger partial charge in [0.2, 0.25) is 0 Å². The Balaban J connectivity index is 2.28. The molecule has 0 amide bonds. The largest absolute Gasteiger partial charge is 0.478 e. The molecular weight excluding hydrogens is 370 g/mol. The van der Waals surface area contributed by atoms with Crippen LogP contribution in [0, 0.1) is 0 Å². The van der Waals surface area contributed by atoms with E-state index in [0.29, 0.717) is 17.8 Å². The lowest BCUT2D eigenvalue weighted by Crippen LogP contribution is -2.06. The van der Waals surface area contributed by atoms with Gasteiger partial charge in [0, 0.05) is 22.4 Å². The third-order valence-corrected chi connectivity index (χ3v) is 4.18. The summed E-state index contributed by atoms with van der Waals surface area (Å²) in [5.41, 5.74) is 3.00. The van der Waals surface area contributed by atoms with E-state index in [2.05, 4.69) is 26.0 Å². The Bertz CT molecular complexity index is 875. The zero-order chi connectivity index (χ0) is 17.1. The van der Waals surface area contributed by atoms with Crippen molar-refractivity contribution in [2.24, 2.45) is 0 Å². The molecule has 0 bridgehead atoms. The molecule has 24 heavy (non-hydrogen) atoms. The lowest BCUT2D eigenvalue weighted by Gasteiger charge is -2.07. The molecule has 122 valence electrons. The molecule has 0 saturated heterocycles. The Morgan fingerprint density at radius 1 is 1.25 bits per heavy atom. The van der Waals surface area contributed by atoms with Gasteiger partial charge in [-0.3, -0.25) is 4.98 Å². The molecule has 0 unspecified atom stereocenters. The van der Waals surface area contributed by atoms with Crippen molar-refractivity contribution in [1.82, 2.24) is 14.8 Å². The van der Waals surface area contributed by atoms with Crippen LogP contribution in [0.15, 0.2) is 53.3 Å². The highest BCUT2D eigenvalue weighted by Crippen LogP contribution is 2.29. The standard InChI is InChI=1S/C18H16BrN3O2/c1-2-4-15-16(18(23)24)17(12-7-9-20-10-8-12)21-22(15)14-6-3-5-13(19)11-14/h3,5-11H,2,4H2,1H3,(H,23,24). The maximum atomic E-state index is 11.9. The number of aromatic carboxylic acids is 1. The summed E-state index contributed by atoms with van der Waals surface area (Å²) in [6.07, 6.45) is 4.74. The quantitative estimate of drug-likeness (QED) is 0.708. The van der Waals surface area contributed by atoms with Crippen LogP contribution in [0.2, 0.25) is 0 Å². The van der Waals surface area contributed by atoms with Crippen molar-refractivity contribution in [1.29, 1.82) is 0 Å². The Morgan fingerprint density at radius 3 is 2.62 bits per heavy atom. The highest BCUT2D eigenvalue weighted by molar-refractivity contribution is 9.10. The minimum absolute atomic E-state index is 0.253. The molecule has 0 spiro atoms. The number of hydrogen-bond acceptors (Lipinski definition) is 3. The number of carboxylic acids is 1. The first-order valence-electron chi connectivity index (χ1n) is 7.63. The number of halogens is 1. The predicted octanol–water partition coefficient (Wildman–Crippen LogP) is 4.35. The van der Waals surface area contributed by atoms with Crippen molar-refractivity contribution in [2.75, 3.05) is 0 Å². The number of hydrogen-bond donors (Lipinski definition) is 1. The summed E-state index contributed by atoms with van der Waals surface area (Å²) in [7, 11) is 0. The molecule has 0 aliphatic heterocycles. The van der Waals surface area contributed by atoms with E-state index < -0.39 is 5.97 Å². The van der Waals surface area contributed by atoms with Crippen LogP contribution in [-0.2, 0) is 6.42 Å². The second-order valence-corrected chi connectivity index (χ2v) is 6.27. The monoisotopic (exact) mass is 385 g/mol. The third kappa shape index (κ3) is 3.10. The van der Waals surface area contributed by atoms with Gasteiger partial charge < -0.3 is 5.11 Å². The van der Waals surface area contributed by atoms with Crippen LogP contribution in [0.5, 0.6) is 0 Å². The lowest BCUT2D eigenvalue weighted by molar-refractivity contribution is 0.0696. The molecule has 0 fully saturated rings. The third-order valence-electron chi connectivity index (χ3n) is 3.69. The number of aromatic nitrogens is 3. The van der Waals surface area contributed by atoms with Gasteiger partial charge in [0.05, 0.1) is 11.4 Å². The Hall–Kier alpha value is -2.47. The fourth-order valence-electron chi connectivity index (χ4n) is 2.68. The van der Waals surface area contributed by atoms with Crippen molar-refractivity contribution < 1.29 is 9.90 Å². The van der Waals surface area contributed by atoms with E-state index in [9.17, 15) is 9.90 Å². The second-order valence-electron chi connectivity index (χ2n) is 5.35. The van der Waals surface area contributed by atoms with E-state index in [1.54, 1.807) is 29.2 Å². The zero-order valence-corrected chi connectivity index (χ0v) is 14.7. The van der Waals surface area contributed by atoms with Crippen molar-refractivity contribution >= 4 is 21.9 Å². The van der Waals surface area contributed by atoms with Crippen LogP contribution in [0.3, 0.4) is 0 Å². The molecule has 5 nitrogen and oxygen atoms in total. The van der Waals surface area contributed by atoms with Crippen LogP contribution in [0.1, 0.15) is 29.4 Å². The number of carbonyl (C=O) groups is 1. The minimum Gasteiger partial charge on any atom is -0.478 e. The average Bonchev–Trinajstić information content (AvgIpc) is 2.96. The number of rotatable bonds is 5. The predicted molar refractivity (Wildman–Crippen MR) is 95.4 cm³/mol. The molecule has 0 aliphatic rings. The number of pyridine rings is 1. The van der Waals surface area contributed by atoms with E-state index in [1.165, 1.54) is 0 Å². The van der Waals surface area contributed by atoms with E-state index in [4.69, 9.17) is 0 Å². The summed E-state index contributed by atoms with van der Waals surface area (Å²) in [5, 5.41) is 14.4. The normalized spacial score (nSPS) is 10.8. The maximum Gasteiger partial charge on any atom is 0.339 e. The second kappa shape index (κ2) is 6.97. The van der Waals surface area contributed by atoms with E-state index >= 15 is 0 Å². The number of nitrogens with zero attached hydrogens (tertiary/aromatic N) is 3. The van der Waals surface area contributed by atoms with Gasteiger partial charge in [0.25, 0.3) is 0 Å². The average molecular weight is 386 g/mol. The van der Waals surface area contributed by atoms with Crippen molar-refractivity contribution in [2.45, 2.75) is 19.8 Å². The molecular formula is C18H16BrN3O2. The van der Waals surface area contributed by atoms with E-state index in [1.807, 2.05) is 31.2 Å². The summed E-state index contributed by atoms with van der Waals surface area (Å²) in [6, 6.07) is 11.2. The van der Waals surface area contributed by atoms with Crippen LogP contribution < -0.4 is 0 Å². The molecule has 1 N–H and O–H groups in total. The van der Waals surface area contributed by atoms with Crippen LogP contribution in [-0.4, -0.2) is 25.8 Å². The molecule has 2 heterocycles. The molecule has 0 saturated carbocycles. The molecule has 0 aliphatic carbocycles. The molecule has 0 atom stereocenters.